The molecule has 6 nitrogen and oxygen atoms in total. The first-order chi connectivity index (χ1) is 11.4. The van der Waals surface area contributed by atoms with Crippen molar-refractivity contribution < 1.29 is 28.2 Å². The fourth-order valence-electron chi connectivity index (χ4n) is 2.05. The van der Waals surface area contributed by atoms with Gasteiger partial charge < -0.3 is 19.1 Å². The molecule has 0 unspecified atom stereocenters. The maximum atomic E-state index is 12.8. The van der Waals surface area contributed by atoms with Crippen molar-refractivity contribution in [3.05, 3.63) is 75.9 Å². The Morgan fingerprint density at radius 1 is 1.04 bits per heavy atom. The SMILES string of the molecule is O=C(Oc1ccc2cc(C(=O)[O-])c(=O)oc2c1)c1ccc(F)cc1. The number of carbonyl (C=O) groups is 2. The lowest BCUT2D eigenvalue weighted by Crippen LogP contribution is -2.28. The van der Waals surface area contributed by atoms with Gasteiger partial charge in [0.2, 0.25) is 0 Å². The van der Waals surface area contributed by atoms with Crippen molar-refractivity contribution in [1.29, 1.82) is 0 Å². The molecule has 0 atom stereocenters. The number of aromatic carboxylic acids is 1. The minimum absolute atomic E-state index is 0.0504. The molecular weight excluding hydrogens is 319 g/mol. The van der Waals surface area contributed by atoms with Crippen LogP contribution in [0, 0.1) is 5.82 Å². The third-order valence-corrected chi connectivity index (χ3v) is 3.22. The topological polar surface area (TPSA) is 96.6 Å². The third-order valence-electron chi connectivity index (χ3n) is 3.22. The number of esters is 1. The predicted octanol–water partition coefficient (Wildman–Crippen LogP) is 1.51. The first kappa shape index (κ1) is 15.4. The van der Waals surface area contributed by atoms with E-state index in [9.17, 15) is 23.9 Å². The van der Waals surface area contributed by atoms with Crippen LogP contribution in [0.15, 0.2) is 57.7 Å². The highest BCUT2D eigenvalue weighted by molar-refractivity contribution is 5.92. The highest BCUT2D eigenvalue weighted by Crippen LogP contribution is 2.21. The summed E-state index contributed by atoms with van der Waals surface area (Å²) in [6.07, 6.45) is 0. The number of ether oxygens (including phenoxy) is 1. The molecule has 1 aromatic heterocycles. The summed E-state index contributed by atoms with van der Waals surface area (Å²) in [5.74, 6) is -2.76. The minimum atomic E-state index is -1.64. The Kier molecular flexibility index (Phi) is 3.83. The average molecular weight is 327 g/mol. The summed E-state index contributed by atoms with van der Waals surface area (Å²) >= 11 is 0. The number of carboxylic acids is 1. The van der Waals surface area contributed by atoms with Gasteiger partial charge in [-0.1, -0.05) is 0 Å². The first-order valence-electron chi connectivity index (χ1n) is 6.71. The first-order valence-corrected chi connectivity index (χ1v) is 6.71. The molecule has 2 aromatic carbocycles. The minimum Gasteiger partial charge on any atom is -0.545 e. The Labute approximate surface area is 133 Å². The molecule has 120 valence electrons. The van der Waals surface area contributed by atoms with E-state index in [1.54, 1.807) is 0 Å². The number of hydrogen-bond donors (Lipinski definition) is 0. The molecular formula is C17H8FO6-. The van der Waals surface area contributed by atoms with Gasteiger partial charge in [-0.2, -0.15) is 0 Å². The van der Waals surface area contributed by atoms with Gasteiger partial charge in [-0.3, -0.25) is 0 Å². The molecule has 0 saturated heterocycles. The molecule has 0 bridgehead atoms. The molecule has 0 radical (unpaired) electrons. The van der Waals surface area contributed by atoms with Crippen LogP contribution in [-0.2, 0) is 0 Å². The van der Waals surface area contributed by atoms with Crippen LogP contribution >= 0.6 is 0 Å². The highest BCUT2D eigenvalue weighted by Gasteiger charge is 2.11. The van der Waals surface area contributed by atoms with Crippen molar-refractivity contribution in [2.75, 3.05) is 0 Å². The molecule has 3 rings (SSSR count). The van der Waals surface area contributed by atoms with E-state index in [0.29, 0.717) is 5.39 Å². The fraction of sp³-hybridized carbons (Fsp3) is 0. The summed E-state index contributed by atoms with van der Waals surface area (Å²) in [6, 6.07) is 10.0. The van der Waals surface area contributed by atoms with E-state index >= 15 is 0 Å². The number of carbonyl (C=O) groups excluding carboxylic acids is 2. The second-order valence-corrected chi connectivity index (χ2v) is 4.83. The highest BCUT2D eigenvalue weighted by atomic mass is 19.1. The van der Waals surface area contributed by atoms with Gasteiger partial charge in [0.1, 0.15) is 17.1 Å². The average Bonchev–Trinajstić information content (AvgIpc) is 2.54. The Bertz CT molecular complexity index is 1000. The quantitative estimate of drug-likeness (QED) is 0.411. The van der Waals surface area contributed by atoms with Gasteiger partial charge >= 0.3 is 11.6 Å². The van der Waals surface area contributed by atoms with Gasteiger partial charge in [0.25, 0.3) is 0 Å². The van der Waals surface area contributed by atoms with Gasteiger partial charge in [0, 0.05) is 11.5 Å². The van der Waals surface area contributed by atoms with Crippen LogP contribution in [0.4, 0.5) is 4.39 Å². The van der Waals surface area contributed by atoms with Crippen LogP contribution in [-0.4, -0.2) is 11.9 Å². The second kappa shape index (κ2) is 5.96. The van der Waals surface area contributed by atoms with Crippen LogP contribution < -0.4 is 15.5 Å². The Morgan fingerprint density at radius 3 is 2.42 bits per heavy atom. The Morgan fingerprint density at radius 2 is 1.75 bits per heavy atom. The number of hydrogen-bond acceptors (Lipinski definition) is 6. The van der Waals surface area contributed by atoms with E-state index in [4.69, 9.17) is 9.15 Å². The van der Waals surface area contributed by atoms with Crippen LogP contribution in [0.3, 0.4) is 0 Å². The van der Waals surface area contributed by atoms with E-state index in [-0.39, 0.29) is 16.9 Å². The van der Waals surface area contributed by atoms with E-state index in [0.717, 1.165) is 18.2 Å². The molecule has 0 aliphatic rings. The summed E-state index contributed by atoms with van der Waals surface area (Å²) in [5.41, 5.74) is -1.47. The molecule has 1 heterocycles. The summed E-state index contributed by atoms with van der Waals surface area (Å²) in [4.78, 5) is 34.3. The van der Waals surface area contributed by atoms with Gasteiger partial charge in [-0.15, -0.1) is 0 Å². The van der Waals surface area contributed by atoms with Crippen molar-refractivity contribution in [2.45, 2.75) is 0 Å². The third kappa shape index (κ3) is 3.00. The van der Waals surface area contributed by atoms with Crippen molar-refractivity contribution in [2.24, 2.45) is 0 Å². The number of benzene rings is 2. The van der Waals surface area contributed by atoms with Gasteiger partial charge in [0.05, 0.1) is 17.1 Å². The van der Waals surface area contributed by atoms with Crippen molar-refractivity contribution in [3.63, 3.8) is 0 Å². The number of halogens is 1. The van der Waals surface area contributed by atoms with Crippen LogP contribution in [0.2, 0.25) is 0 Å². The Balaban J connectivity index is 1.92. The zero-order chi connectivity index (χ0) is 17.3. The van der Waals surface area contributed by atoms with E-state index < -0.39 is 28.9 Å². The maximum absolute atomic E-state index is 12.8. The summed E-state index contributed by atoms with van der Waals surface area (Å²) in [5, 5.41) is 11.1. The maximum Gasteiger partial charge on any atom is 0.345 e. The summed E-state index contributed by atoms with van der Waals surface area (Å²) in [6.45, 7) is 0. The lowest BCUT2D eigenvalue weighted by Gasteiger charge is -2.06. The molecule has 0 spiro atoms. The van der Waals surface area contributed by atoms with Crippen LogP contribution in [0.5, 0.6) is 5.75 Å². The van der Waals surface area contributed by atoms with E-state index in [2.05, 4.69) is 0 Å². The molecule has 0 fully saturated rings. The number of rotatable bonds is 3. The summed E-state index contributed by atoms with van der Waals surface area (Å²) in [7, 11) is 0. The zero-order valence-corrected chi connectivity index (χ0v) is 11.9. The molecule has 0 N–H and O–H groups in total. The smallest absolute Gasteiger partial charge is 0.345 e. The normalized spacial score (nSPS) is 10.5. The predicted molar refractivity (Wildman–Crippen MR) is 78.2 cm³/mol. The Hall–Kier alpha value is -3.48. The number of carboxylic acid groups (broad SMARTS) is 1. The van der Waals surface area contributed by atoms with Crippen molar-refractivity contribution in [1.82, 2.24) is 0 Å². The van der Waals surface area contributed by atoms with E-state index in [1.807, 2.05) is 0 Å². The molecule has 3 aromatic rings. The summed E-state index contributed by atoms with van der Waals surface area (Å²) < 4.78 is 22.8. The molecule has 24 heavy (non-hydrogen) atoms. The van der Waals surface area contributed by atoms with Crippen LogP contribution in [0.1, 0.15) is 20.7 Å². The molecule has 0 aliphatic carbocycles. The van der Waals surface area contributed by atoms with E-state index in [1.165, 1.54) is 30.3 Å². The molecule has 0 amide bonds. The largest absolute Gasteiger partial charge is 0.545 e. The second-order valence-electron chi connectivity index (χ2n) is 4.83. The van der Waals surface area contributed by atoms with Crippen LogP contribution in [0.25, 0.3) is 11.0 Å². The van der Waals surface area contributed by atoms with Gasteiger partial charge in [-0.05, 0) is 42.5 Å². The molecule has 0 saturated carbocycles. The van der Waals surface area contributed by atoms with Crippen molar-refractivity contribution in [3.8, 4) is 5.75 Å². The number of fused-ring (bicyclic) bond motifs is 1. The van der Waals surface area contributed by atoms with Gasteiger partial charge in [-0.25, -0.2) is 14.0 Å². The zero-order valence-electron chi connectivity index (χ0n) is 11.9. The lowest BCUT2D eigenvalue weighted by atomic mass is 10.2. The fourth-order valence-corrected chi connectivity index (χ4v) is 2.05. The van der Waals surface area contributed by atoms with Gasteiger partial charge in [0.15, 0.2) is 0 Å². The standard InChI is InChI=1S/C17H9FO6/c18-11-4-1-9(2-5-11)16(21)23-12-6-3-10-7-13(15(19)20)17(22)24-14(10)8-12/h1-8H,(H,19,20)/p-1. The van der Waals surface area contributed by atoms with Crippen molar-refractivity contribution >= 4 is 22.9 Å². The molecule has 0 aliphatic heterocycles. The molecule has 7 heteroatoms. The monoisotopic (exact) mass is 327 g/mol. The lowest BCUT2D eigenvalue weighted by molar-refractivity contribution is -0.255.